The van der Waals surface area contributed by atoms with Crippen molar-refractivity contribution in [2.24, 2.45) is 0 Å². The molecule has 6 heteroatoms. The lowest BCUT2D eigenvalue weighted by atomic mass is 10.2. The van der Waals surface area contributed by atoms with E-state index in [2.05, 4.69) is 20.7 Å². The van der Waals surface area contributed by atoms with Gasteiger partial charge in [0.1, 0.15) is 5.82 Å². The number of benzene rings is 1. The molecule has 3 rings (SSSR count). The predicted molar refractivity (Wildman–Crippen MR) is 88.4 cm³/mol. The normalized spacial score (nSPS) is 10.3. The van der Waals surface area contributed by atoms with Gasteiger partial charge in [-0.25, -0.2) is 14.5 Å². The number of carbonyl (C=O) groups excluding carboxylic acids is 1. The molecule has 0 spiro atoms. The third-order valence-corrected chi connectivity index (χ3v) is 3.34. The van der Waals surface area contributed by atoms with Gasteiger partial charge in [-0.3, -0.25) is 5.32 Å². The summed E-state index contributed by atoms with van der Waals surface area (Å²) in [7, 11) is 0. The Morgan fingerprint density at radius 1 is 1.17 bits per heavy atom. The first-order valence-corrected chi connectivity index (χ1v) is 7.28. The van der Waals surface area contributed by atoms with E-state index in [0.717, 1.165) is 16.8 Å². The van der Waals surface area contributed by atoms with Gasteiger partial charge in [0, 0.05) is 25.1 Å². The predicted octanol–water partition coefficient (Wildman–Crippen LogP) is 2.90. The van der Waals surface area contributed by atoms with E-state index in [0.29, 0.717) is 12.4 Å². The number of carbonyl (C=O) groups is 1. The zero-order chi connectivity index (χ0) is 16.1. The van der Waals surface area contributed by atoms with Crippen LogP contribution in [0.25, 0.3) is 5.69 Å². The van der Waals surface area contributed by atoms with E-state index in [1.165, 1.54) is 0 Å². The molecule has 0 unspecified atom stereocenters. The van der Waals surface area contributed by atoms with Crippen LogP contribution in [0.2, 0.25) is 0 Å². The Hall–Kier alpha value is -3.15. The van der Waals surface area contributed by atoms with Crippen LogP contribution in [0.15, 0.2) is 61.1 Å². The van der Waals surface area contributed by atoms with Crippen molar-refractivity contribution in [2.45, 2.75) is 13.5 Å². The summed E-state index contributed by atoms with van der Waals surface area (Å²) in [5.74, 6) is 0.522. The molecule has 0 bridgehead atoms. The second kappa shape index (κ2) is 6.74. The number of hydrogen-bond donors (Lipinski definition) is 2. The Morgan fingerprint density at radius 2 is 2.04 bits per heavy atom. The molecule has 0 atom stereocenters. The monoisotopic (exact) mass is 307 g/mol. The first-order chi connectivity index (χ1) is 11.2. The summed E-state index contributed by atoms with van der Waals surface area (Å²) in [6.07, 6.45) is 5.30. The molecule has 0 radical (unpaired) electrons. The Bertz CT molecular complexity index is 781. The van der Waals surface area contributed by atoms with E-state index in [-0.39, 0.29) is 6.03 Å². The Labute approximate surface area is 134 Å². The topological polar surface area (TPSA) is 71.8 Å². The largest absolute Gasteiger partial charge is 0.334 e. The van der Waals surface area contributed by atoms with E-state index >= 15 is 0 Å². The summed E-state index contributed by atoms with van der Waals surface area (Å²) >= 11 is 0. The summed E-state index contributed by atoms with van der Waals surface area (Å²) < 4.78 is 1.77. The number of nitrogens with one attached hydrogen (secondary N) is 2. The van der Waals surface area contributed by atoms with Crippen LogP contribution in [-0.2, 0) is 6.54 Å². The minimum atomic E-state index is -0.295. The number of aromatic nitrogens is 3. The Balaban J connectivity index is 1.64. The van der Waals surface area contributed by atoms with E-state index in [9.17, 15) is 4.79 Å². The van der Waals surface area contributed by atoms with E-state index < -0.39 is 0 Å². The van der Waals surface area contributed by atoms with Crippen LogP contribution < -0.4 is 10.6 Å². The maximum atomic E-state index is 12.0. The van der Waals surface area contributed by atoms with Crippen molar-refractivity contribution in [1.29, 1.82) is 0 Å². The Kier molecular flexibility index (Phi) is 4.33. The maximum absolute atomic E-state index is 12.0. The molecular weight excluding hydrogens is 290 g/mol. The van der Waals surface area contributed by atoms with Crippen LogP contribution in [0.5, 0.6) is 0 Å². The molecule has 0 aliphatic rings. The highest BCUT2D eigenvalue weighted by atomic mass is 16.2. The minimum absolute atomic E-state index is 0.295. The van der Waals surface area contributed by atoms with Crippen LogP contribution in [-0.4, -0.2) is 20.8 Å². The molecule has 2 N–H and O–H groups in total. The first kappa shape index (κ1) is 14.8. The number of para-hydroxylation sites is 1. The average molecular weight is 307 g/mol. The number of nitrogens with zero attached hydrogens (tertiary/aromatic N) is 3. The highest BCUT2D eigenvalue weighted by Gasteiger charge is 2.07. The van der Waals surface area contributed by atoms with Gasteiger partial charge < -0.3 is 5.32 Å². The first-order valence-electron chi connectivity index (χ1n) is 7.28. The second-order valence-electron chi connectivity index (χ2n) is 5.11. The van der Waals surface area contributed by atoms with Crippen molar-refractivity contribution in [3.63, 3.8) is 0 Å². The molecule has 23 heavy (non-hydrogen) atoms. The minimum Gasteiger partial charge on any atom is -0.334 e. The van der Waals surface area contributed by atoms with Gasteiger partial charge >= 0.3 is 6.03 Å². The number of hydrogen-bond acceptors (Lipinski definition) is 3. The molecule has 6 nitrogen and oxygen atoms in total. The molecule has 1 aromatic carbocycles. The van der Waals surface area contributed by atoms with Gasteiger partial charge in [-0.1, -0.05) is 24.3 Å². The highest BCUT2D eigenvalue weighted by Crippen LogP contribution is 2.13. The maximum Gasteiger partial charge on any atom is 0.320 e. The SMILES string of the molecule is Cc1ccc(NC(=O)NCc2ccccc2-n2cccn2)nc1. The fourth-order valence-corrected chi connectivity index (χ4v) is 2.17. The van der Waals surface area contributed by atoms with Gasteiger partial charge in [-0.15, -0.1) is 0 Å². The highest BCUT2D eigenvalue weighted by molar-refractivity contribution is 5.88. The van der Waals surface area contributed by atoms with Gasteiger partial charge in [0.25, 0.3) is 0 Å². The fourth-order valence-electron chi connectivity index (χ4n) is 2.17. The third kappa shape index (κ3) is 3.74. The quantitative estimate of drug-likeness (QED) is 0.778. The van der Waals surface area contributed by atoms with Crippen molar-refractivity contribution >= 4 is 11.8 Å². The van der Waals surface area contributed by atoms with Crippen molar-refractivity contribution < 1.29 is 4.79 Å². The van der Waals surface area contributed by atoms with Crippen LogP contribution in [0.4, 0.5) is 10.6 Å². The van der Waals surface area contributed by atoms with E-state index in [1.807, 2.05) is 49.5 Å². The number of pyridine rings is 1. The molecule has 0 aliphatic carbocycles. The zero-order valence-corrected chi connectivity index (χ0v) is 12.7. The molecule has 2 amide bonds. The molecule has 0 fully saturated rings. The summed E-state index contributed by atoms with van der Waals surface area (Å²) in [5.41, 5.74) is 2.96. The van der Waals surface area contributed by atoms with Crippen LogP contribution in [0, 0.1) is 6.92 Å². The van der Waals surface area contributed by atoms with Crippen LogP contribution in [0.3, 0.4) is 0 Å². The lowest BCUT2D eigenvalue weighted by Crippen LogP contribution is -2.29. The number of anilines is 1. The van der Waals surface area contributed by atoms with Gasteiger partial charge in [0.05, 0.1) is 5.69 Å². The van der Waals surface area contributed by atoms with Crippen LogP contribution >= 0.6 is 0 Å². The summed E-state index contributed by atoms with van der Waals surface area (Å²) in [4.78, 5) is 16.1. The van der Waals surface area contributed by atoms with Crippen molar-refractivity contribution in [2.75, 3.05) is 5.32 Å². The lowest BCUT2D eigenvalue weighted by Gasteiger charge is -2.11. The molecule has 116 valence electrons. The lowest BCUT2D eigenvalue weighted by molar-refractivity contribution is 0.251. The zero-order valence-electron chi connectivity index (χ0n) is 12.7. The smallest absolute Gasteiger partial charge is 0.320 e. The number of rotatable bonds is 4. The molecule has 0 saturated carbocycles. The van der Waals surface area contributed by atoms with Crippen LogP contribution in [0.1, 0.15) is 11.1 Å². The van der Waals surface area contributed by atoms with Crippen molar-refractivity contribution in [3.05, 3.63) is 72.2 Å². The van der Waals surface area contributed by atoms with Gasteiger partial charge in [-0.05, 0) is 36.2 Å². The van der Waals surface area contributed by atoms with Gasteiger partial charge in [-0.2, -0.15) is 5.10 Å². The van der Waals surface area contributed by atoms with Crippen molar-refractivity contribution in [3.8, 4) is 5.69 Å². The van der Waals surface area contributed by atoms with Gasteiger partial charge in [0.15, 0.2) is 0 Å². The van der Waals surface area contributed by atoms with E-state index in [4.69, 9.17) is 0 Å². The molecule has 0 saturated heterocycles. The molecule has 0 aliphatic heterocycles. The number of urea groups is 1. The summed E-state index contributed by atoms with van der Waals surface area (Å²) in [5, 5.41) is 9.77. The standard InChI is InChI=1S/C17H17N5O/c1-13-7-8-16(18-11-13)21-17(23)19-12-14-5-2-3-6-15(14)22-10-4-9-20-22/h2-11H,12H2,1H3,(H2,18,19,21,23). The summed E-state index contributed by atoms with van der Waals surface area (Å²) in [6.45, 7) is 2.34. The Morgan fingerprint density at radius 3 is 2.78 bits per heavy atom. The van der Waals surface area contributed by atoms with E-state index in [1.54, 1.807) is 23.1 Å². The third-order valence-electron chi connectivity index (χ3n) is 3.34. The molecule has 2 heterocycles. The second-order valence-corrected chi connectivity index (χ2v) is 5.11. The molecule has 2 aromatic heterocycles. The average Bonchev–Trinajstić information content (AvgIpc) is 3.10. The summed E-state index contributed by atoms with van der Waals surface area (Å²) in [6, 6.07) is 13.0. The number of amides is 2. The molecule has 3 aromatic rings. The fraction of sp³-hybridized carbons (Fsp3) is 0.118. The van der Waals surface area contributed by atoms with Crippen molar-refractivity contribution in [1.82, 2.24) is 20.1 Å². The molecular formula is C17H17N5O. The number of aryl methyl sites for hydroxylation is 1. The van der Waals surface area contributed by atoms with Gasteiger partial charge in [0.2, 0.25) is 0 Å².